The van der Waals surface area contributed by atoms with Crippen molar-refractivity contribution in [3.8, 4) is 0 Å². The molecule has 1 aliphatic carbocycles. The van der Waals surface area contributed by atoms with Crippen LogP contribution in [0.5, 0.6) is 0 Å². The van der Waals surface area contributed by atoms with Crippen molar-refractivity contribution >= 4 is 28.5 Å². The highest BCUT2D eigenvalue weighted by Crippen LogP contribution is 2.28. The van der Waals surface area contributed by atoms with Crippen molar-refractivity contribution in [1.82, 2.24) is 4.90 Å². The third-order valence-electron chi connectivity index (χ3n) is 6.28. The molecule has 5 rings (SSSR count). The van der Waals surface area contributed by atoms with Gasteiger partial charge >= 0.3 is 12.1 Å². The van der Waals surface area contributed by atoms with Crippen LogP contribution in [-0.2, 0) is 17.6 Å². The van der Waals surface area contributed by atoms with Crippen molar-refractivity contribution in [2.24, 2.45) is 0 Å². The molecule has 3 aromatic rings. The molecule has 1 amide bonds. The number of nitrogens with zero attached hydrogens (tertiary/aromatic N) is 1. The number of amides is 1. The summed E-state index contributed by atoms with van der Waals surface area (Å²) in [6.45, 7) is 2.28. The second kappa shape index (κ2) is 9.89. The topological polar surface area (TPSA) is 82.8 Å². The Balaban J connectivity index is 0.000000344. The van der Waals surface area contributed by atoms with Crippen LogP contribution in [0.2, 0.25) is 0 Å². The molecule has 9 heteroatoms. The molecule has 0 bridgehead atoms. The zero-order valence-corrected chi connectivity index (χ0v) is 18.4. The molecule has 180 valence electrons. The van der Waals surface area contributed by atoms with Crippen LogP contribution in [0.25, 0.3) is 11.0 Å². The Bertz CT molecular complexity index is 1150. The molecule has 1 saturated carbocycles. The van der Waals surface area contributed by atoms with E-state index in [1.54, 1.807) is 6.07 Å². The summed E-state index contributed by atoms with van der Waals surface area (Å²) in [5.74, 6) is -2.61. The van der Waals surface area contributed by atoms with Gasteiger partial charge in [0.25, 0.3) is 5.91 Å². The average molecular weight is 474 g/mol. The standard InChI is InChI=1S/C23H24N2O2.C2HF3O2/c26-23(22-15-18-4-1-2-7-21(18)27-22)24-19-9-8-16-10-12-25(20-5-3-6-20)13-11-17(16)14-19;3-2(4,5)1(6)7/h1-2,4,7-9,14-15,20H,3,5-6,10-13H2,(H,24,26);(H,6,7). The summed E-state index contributed by atoms with van der Waals surface area (Å²) in [6, 6.07) is 16.6. The van der Waals surface area contributed by atoms with Gasteiger partial charge < -0.3 is 14.8 Å². The SMILES string of the molecule is O=C(Nc1ccc2c(c1)CCN(C1CCC1)CC2)c1cc2ccccc2o1.O=C(O)C(F)(F)F. The molecule has 34 heavy (non-hydrogen) atoms. The van der Waals surface area contributed by atoms with Crippen molar-refractivity contribution in [3.05, 3.63) is 65.4 Å². The van der Waals surface area contributed by atoms with Gasteiger partial charge in [-0.05, 0) is 61.1 Å². The van der Waals surface area contributed by atoms with E-state index in [4.69, 9.17) is 14.3 Å². The van der Waals surface area contributed by atoms with Gasteiger partial charge in [0.05, 0.1) is 0 Å². The minimum Gasteiger partial charge on any atom is -0.475 e. The highest BCUT2D eigenvalue weighted by molar-refractivity contribution is 6.04. The number of anilines is 1. The minimum atomic E-state index is -5.08. The summed E-state index contributed by atoms with van der Waals surface area (Å²) >= 11 is 0. The van der Waals surface area contributed by atoms with Crippen molar-refractivity contribution in [2.75, 3.05) is 18.4 Å². The fourth-order valence-electron chi connectivity index (χ4n) is 4.22. The molecule has 2 aliphatic rings. The predicted molar refractivity (Wildman–Crippen MR) is 121 cm³/mol. The van der Waals surface area contributed by atoms with Gasteiger partial charge in [-0.25, -0.2) is 4.79 Å². The second-order valence-corrected chi connectivity index (χ2v) is 8.51. The number of furan rings is 1. The normalized spacial score (nSPS) is 16.6. The molecule has 0 spiro atoms. The largest absolute Gasteiger partial charge is 0.490 e. The number of carboxylic acid groups (broad SMARTS) is 1. The first kappa shape index (κ1) is 23.8. The van der Waals surface area contributed by atoms with E-state index in [2.05, 4.69) is 22.3 Å². The van der Waals surface area contributed by atoms with Crippen LogP contribution >= 0.6 is 0 Å². The van der Waals surface area contributed by atoms with Crippen LogP contribution in [-0.4, -0.2) is 47.2 Å². The fraction of sp³-hybridized carbons (Fsp3) is 0.360. The van der Waals surface area contributed by atoms with Crippen LogP contribution < -0.4 is 5.32 Å². The van der Waals surface area contributed by atoms with Crippen LogP contribution in [0, 0.1) is 0 Å². The number of aliphatic carboxylic acids is 1. The van der Waals surface area contributed by atoms with Gasteiger partial charge in [0.1, 0.15) is 5.58 Å². The van der Waals surface area contributed by atoms with Gasteiger partial charge in [-0.1, -0.05) is 30.7 Å². The fourth-order valence-corrected chi connectivity index (χ4v) is 4.22. The maximum absolute atomic E-state index is 12.6. The molecule has 2 N–H and O–H groups in total. The Morgan fingerprint density at radius 1 is 1.00 bits per heavy atom. The monoisotopic (exact) mass is 474 g/mol. The molecule has 0 radical (unpaired) electrons. The molecule has 6 nitrogen and oxygen atoms in total. The lowest BCUT2D eigenvalue weighted by Crippen LogP contribution is -2.41. The molecule has 0 atom stereocenters. The first-order valence-corrected chi connectivity index (χ1v) is 11.2. The number of para-hydroxylation sites is 1. The third-order valence-corrected chi connectivity index (χ3v) is 6.28. The summed E-state index contributed by atoms with van der Waals surface area (Å²) in [5.41, 5.74) is 4.36. The number of rotatable bonds is 3. The van der Waals surface area contributed by atoms with Gasteiger partial charge in [-0.2, -0.15) is 13.2 Å². The Kier molecular flexibility index (Phi) is 6.92. The van der Waals surface area contributed by atoms with Gasteiger partial charge in [0.2, 0.25) is 0 Å². The molecule has 1 fully saturated rings. The number of nitrogens with one attached hydrogen (secondary N) is 1. The number of fused-ring (bicyclic) bond motifs is 2. The number of hydrogen-bond donors (Lipinski definition) is 2. The van der Waals surface area contributed by atoms with E-state index in [9.17, 15) is 18.0 Å². The predicted octanol–water partition coefficient (Wildman–Crippen LogP) is 5.27. The number of benzene rings is 2. The Labute approximate surface area is 194 Å². The van der Waals surface area contributed by atoms with Gasteiger partial charge in [-0.15, -0.1) is 0 Å². The van der Waals surface area contributed by atoms with E-state index in [0.717, 1.165) is 48.6 Å². The van der Waals surface area contributed by atoms with E-state index < -0.39 is 12.1 Å². The Morgan fingerprint density at radius 2 is 1.68 bits per heavy atom. The number of alkyl halides is 3. The summed E-state index contributed by atoms with van der Waals surface area (Å²) in [5, 5.41) is 11.1. The number of carboxylic acids is 1. The summed E-state index contributed by atoms with van der Waals surface area (Å²) in [4.78, 5) is 24.1. The molecule has 2 heterocycles. The lowest BCUT2D eigenvalue weighted by molar-refractivity contribution is -0.192. The van der Waals surface area contributed by atoms with Gasteiger partial charge in [0.15, 0.2) is 5.76 Å². The number of hydrogen-bond acceptors (Lipinski definition) is 4. The summed E-state index contributed by atoms with van der Waals surface area (Å²) in [6.07, 6.45) is 1.17. The van der Waals surface area contributed by atoms with Crippen molar-refractivity contribution < 1.29 is 32.3 Å². The highest BCUT2D eigenvalue weighted by atomic mass is 19.4. The molecule has 0 unspecified atom stereocenters. The van der Waals surface area contributed by atoms with Gasteiger partial charge in [0, 0.05) is 30.2 Å². The van der Waals surface area contributed by atoms with Crippen LogP contribution in [0.3, 0.4) is 0 Å². The average Bonchev–Trinajstić information content (AvgIpc) is 3.09. The maximum Gasteiger partial charge on any atom is 0.490 e. The minimum absolute atomic E-state index is 0.198. The summed E-state index contributed by atoms with van der Waals surface area (Å²) in [7, 11) is 0. The zero-order chi connectivity index (χ0) is 24.3. The van der Waals surface area contributed by atoms with Crippen molar-refractivity contribution in [3.63, 3.8) is 0 Å². The first-order chi connectivity index (χ1) is 16.2. The molecule has 2 aromatic carbocycles. The third kappa shape index (κ3) is 5.59. The summed E-state index contributed by atoms with van der Waals surface area (Å²) < 4.78 is 37.4. The van der Waals surface area contributed by atoms with E-state index in [1.807, 2.05) is 30.3 Å². The Hall–Kier alpha value is -3.33. The molecular formula is C25H25F3N2O4. The van der Waals surface area contributed by atoms with Crippen molar-refractivity contribution in [2.45, 2.75) is 44.3 Å². The molecule has 0 saturated heterocycles. The number of carbonyl (C=O) groups is 2. The van der Waals surface area contributed by atoms with Crippen LogP contribution in [0.1, 0.15) is 40.9 Å². The quantitative estimate of drug-likeness (QED) is 0.540. The number of halogens is 3. The molecule has 1 aromatic heterocycles. The van der Waals surface area contributed by atoms with E-state index in [-0.39, 0.29) is 5.91 Å². The van der Waals surface area contributed by atoms with Crippen LogP contribution in [0.15, 0.2) is 52.9 Å². The Morgan fingerprint density at radius 3 is 2.29 bits per heavy atom. The number of carbonyl (C=O) groups excluding carboxylic acids is 1. The van der Waals surface area contributed by atoms with E-state index >= 15 is 0 Å². The molecule has 1 aliphatic heterocycles. The second-order valence-electron chi connectivity index (χ2n) is 8.51. The van der Waals surface area contributed by atoms with Crippen LogP contribution in [0.4, 0.5) is 18.9 Å². The van der Waals surface area contributed by atoms with Gasteiger partial charge in [-0.3, -0.25) is 9.69 Å². The lowest BCUT2D eigenvalue weighted by Gasteiger charge is -2.36. The molecular weight excluding hydrogens is 449 g/mol. The highest BCUT2D eigenvalue weighted by Gasteiger charge is 2.38. The van der Waals surface area contributed by atoms with Crippen molar-refractivity contribution in [1.29, 1.82) is 0 Å². The maximum atomic E-state index is 12.6. The zero-order valence-electron chi connectivity index (χ0n) is 18.4. The van der Waals surface area contributed by atoms with E-state index in [1.165, 1.54) is 30.4 Å². The van der Waals surface area contributed by atoms with E-state index in [0.29, 0.717) is 5.76 Å². The lowest BCUT2D eigenvalue weighted by atomic mass is 9.91. The first-order valence-electron chi connectivity index (χ1n) is 11.2. The smallest absolute Gasteiger partial charge is 0.475 e.